The normalized spacial score (nSPS) is 18.1. The van der Waals surface area contributed by atoms with E-state index in [1.807, 2.05) is 4.68 Å². The number of aromatic nitrogens is 2. The lowest BCUT2D eigenvalue weighted by Crippen LogP contribution is -2.23. The molecule has 4 heteroatoms. The molecule has 1 aromatic rings. The van der Waals surface area contributed by atoms with Crippen molar-refractivity contribution in [1.82, 2.24) is 9.78 Å². The predicted molar refractivity (Wildman–Crippen MR) is 66.6 cm³/mol. The van der Waals surface area contributed by atoms with E-state index in [9.17, 15) is 0 Å². The van der Waals surface area contributed by atoms with Crippen LogP contribution in [0.5, 0.6) is 0 Å². The molecule has 0 saturated heterocycles. The fourth-order valence-corrected chi connectivity index (χ4v) is 2.33. The minimum Gasteiger partial charge on any atom is -0.327 e. The van der Waals surface area contributed by atoms with Gasteiger partial charge in [0.2, 0.25) is 0 Å². The van der Waals surface area contributed by atoms with Crippen molar-refractivity contribution >= 4 is 11.6 Å². The van der Waals surface area contributed by atoms with E-state index in [1.54, 1.807) is 6.20 Å². The van der Waals surface area contributed by atoms with Crippen molar-refractivity contribution in [2.45, 2.75) is 51.6 Å². The molecular weight excluding hydrogens is 222 g/mol. The molecule has 0 aromatic carbocycles. The van der Waals surface area contributed by atoms with Crippen LogP contribution >= 0.6 is 11.6 Å². The fourth-order valence-electron chi connectivity index (χ4n) is 2.11. The van der Waals surface area contributed by atoms with E-state index in [1.165, 1.54) is 12.8 Å². The summed E-state index contributed by atoms with van der Waals surface area (Å²) in [5.41, 5.74) is 7.23. The molecular formula is C12H20ClN3. The van der Waals surface area contributed by atoms with E-state index in [0.717, 1.165) is 29.5 Å². The first kappa shape index (κ1) is 11.9. The highest BCUT2D eigenvalue weighted by molar-refractivity contribution is 6.31. The molecule has 1 atom stereocenters. The molecule has 1 saturated carbocycles. The van der Waals surface area contributed by atoms with Crippen LogP contribution in [-0.4, -0.2) is 15.8 Å². The van der Waals surface area contributed by atoms with Crippen molar-refractivity contribution in [2.24, 2.45) is 11.7 Å². The van der Waals surface area contributed by atoms with Crippen molar-refractivity contribution in [2.75, 3.05) is 0 Å². The van der Waals surface area contributed by atoms with Gasteiger partial charge in [-0.2, -0.15) is 5.10 Å². The van der Waals surface area contributed by atoms with Crippen LogP contribution in [0.15, 0.2) is 6.20 Å². The maximum absolute atomic E-state index is 6.14. The van der Waals surface area contributed by atoms with Crippen molar-refractivity contribution in [3.05, 3.63) is 16.9 Å². The molecule has 0 bridgehead atoms. The Bertz CT molecular complexity index is 355. The van der Waals surface area contributed by atoms with Gasteiger partial charge in [0.05, 0.1) is 16.9 Å². The summed E-state index contributed by atoms with van der Waals surface area (Å²) in [5.74, 6) is 0.759. The zero-order chi connectivity index (χ0) is 11.7. The Morgan fingerprint density at radius 3 is 2.81 bits per heavy atom. The van der Waals surface area contributed by atoms with Gasteiger partial charge in [-0.05, 0) is 45.4 Å². The first-order valence-corrected chi connectivity index (χ1v) is 6.45. The van der Waals surface area contributed by atoms with Crippen molar-refractivity contribution in [1.29, 1.82) is 0 Å². The Balaban J connectivity index is 1.99. The number of nitrogens with zero attached hydrogens (tertiary/aromatic N) is 2. The zero-order valence-electron chi connectivity index (χ0n) is 9.99. The van der Waals surface area contributed by atoms with Crippen LogP contribution in [0, 0.1) is 5.92 Å². The minimum atomic E-state index is 0.339. The molecule has 2 N–H and O–H groups in total. The summed E-state index contributed by atoms with van der Waals surface area (Å²) in [5, 5.41) is 5.07. The molecule has 90 valence electrons. The second kappa shape index (κ2) is 4.76. The molecule has 1 heterocycles. The summed E-state index contributed by atoms with van der Waals surface area (Å²) in [6.45, 7) is 4.24. The summed E-state index contributed by atoms with van der Waals surface area (Å²) in [7, 11) is 0. The number of nitrogens with two attached hydrogens (primary N) is 1. The van der Waals surface area contributed by atoms with Gasteiger partial charge in [0.25, 0.3) is 0 Å². The van der Waals surface area contributed by atoms with Gasteiger partial charge < -0.3 is 5.73 Å². The average Bonchev–Trinajstić information content (AvgIpc) is 3.00. The lowest BCUT2D eigenvalue weighted by atomic mass is 10.1. The minimum absolute atomic E-state index is 0.339. The van der Waals surface area contributed by atoms with E-state index >= 15 is 0 Å². The van der Waals surface area contributed by atoms with E-state index < -0.39 is 0 Å². The molecule has 0 radical (unpaired) electrons. The molecule has 1 unspecified atom stereocenters. The van der Waals surface area contributed by atoms with Gasteiger partial charge in [0, 0.05) is 12.1 Å². The SMILES string of the molecule is CC(C)n1ncc(Cl)c1CCC(N)C1CC1. The average molecular weight is 242 g/mol. The van der Waals surface area contributed by atoms with Crippen LogP contribution in [0.25, 0.3) is 0 Å². The first-order chi connectivity index (χ1) is 7.59. The number of hydrogen-bond acceptors (Lipinski definition) is 2. The van der Waals surface area contributed by atoms with Crippen molar-refractivity contribution in [3.8, 4) is 0 Å². The van der Waals surface area contributed by atoms with E-state index in [4.69, 9.17) is 17.3 Å². The highest BCUT2D eigenvalue weighted by atomic mass is 35.5. The van der Waals surface area contributed by atoms with Crippen molar-refractivity contribution in [3.63, 3.8) is 0 Å². The molecule has 2 rings (SSSR count). The van der Waals surface area contributed by atoms with E-state index in [0.29, 0.717) is 12.1 Å². The van der Waals surface area contributed by atoms with Crippen LogP contribution in [0.1, 0.15) is 44.8 Å². The van der Waals surface area contributed by atoms with E-state index in [-0.39, 0.29) is 0 Å². The zero-order valence-corrected chi connectivity index (χ0v) is 10.7. The van der Waals surface area contributed by atoms with Gasteiger partial charge in [-0.25, -0.2) is 0 Å². The standard InChI is InChI=1S/C12H20ClN3/c1-8(2)16-12(10(13)7-15-16)6-5-11(14)9-3-4-9/h7-9,11H,3-6,14H2,1-2H3. The monoisotopic (exact) mass is 241 g/mol. The highest BCUT2D eigenvalue weighted by Gasteiger charge is 2.28. The van der Waals surface area contributed by atoms with Gasteiger partial charge in [0.1, 0.15) is 0 Å². The lowest BCUT2D eigenvalue weighted by Gasteiger charge is -2.14. The van der Waals surface area contributed by atoms with Crippen LogP contribution in [0.2, 0.25) is 5.02 Å². The summed E-state index contributed by atoms with van der Waals surface area (Å²) in [6.07, 6.45) is 6.30. The second-order valence-corrected chi connectivity index (χ2v) is 5.42. The number of rotatable bonds is 5. The topological polar surface area (TPSA) is 43.8 Å². The molecule has 16 heavy (non-hydrogen) atoms. The smallest absolute Gasteiger partial charge is 0.0817 e. The Hall–Kier alpha value is -0.540. The second-order valence-electron chi connectivity index (χ2n) is 5.02. The third-order valence-electron chi connectivity index (χ3n) is 3.28. The fraction of sp³-hybridized carbons (Fsp3) is 0.750. The molecule has 1 aliphatic rings. The molecule has 0 spiro atoms. The first-order valence-electron chi connectivity index (χ1n) is 6.07. The van der Waals surface area contributed by atoms with Gasteiger partial charge >= 0.3 is 0 Å². The maximum Gasteiger partial charge on any atom is 0.0817 e. The molecule has 0 aliphatic heterocycles. The van der Waals surface area contributed by atoms with E-state index in [2.05, 4.69) is 18.9 Å². The highest BCUT2D eigenvalue weighted by Crippen LogP contribution is 2.33. The van der Waals surface area contributed by atoms with Crippen LogP contribution in [-0.2, 0) is 6.42 Å². The largest absolute Gasteiger partial charge is 0.327 e. The summed E-state index contributed by atoms with van der Waals surface area (Å²) in [6, 6.07) is 0.700. The summed E-state index contributed by atoms with van der Waals surface area (Å²) < 4.78 is 2.00. The number of halogens is 1. The van der Waals surface area contributed by atoms with Gasteiger partial charge in [0.15, 0.2) is 0 Å². The molecule has 1 fully saturated rings. The molecule has 1 aromatic heterocycles. The molecule has 3 nitrogen and oxygen atoms in total. The van der Waals surface area contributed by atoms with Gasteiger partial charge in [-0.15, -0.1) is 0 Å². The maximum atomic E-state index is 6.14. The van der Waals surface area contributed by atoms with Crippen LogP contribution in [0.3, 0.4) is 0 Å². The predicted octanol–water partition coefficient (Wildman–Crippen LogP) is 2.79. The van der Waals surface area contributed by atoms with Crippen LogP contribution in [0.4, 0.5) is 0 Å². The third-order valence-corrected chi connectivity index (χ3v) is 3.59. The quantitative estimate of drug-likeness (QED) is 0.862. The Labute approximate surface area is 102 Å². The van der Waals surface area contributed by atoms with Crippen LogP contribution < -0.4 is 5.73 Å². The molecule has 0 amide bonds. The van der Waals surface area contributed by atoms with Gasteiger partial charge in [-0.3, -0.25) is 4.68 Å². The van der Waals surface area contributed by atoms with Gasteiger partial charge in [-0.1, -0.05) is 11.6 Å². The Morgan fingerprint density at radius 1 is 1.56 bits per heavy atom. The lowest BCUT2D eigenvalue weighted by molar-refractivity contribution is 0.485. The molecule has 1 aliphatic carbocycles. The summed E-state index contributed by atoms with van der Waals surface area (Å²) >= 11 is 6.14. The number of hydrogen-bond donors (Lipinski definition) is 1. The van der Waals surface area contributed by atoms with Crippen molar-refractivity contribution < 1.29 is 0 Å². The Morgan fingerprint density at radius 2 is 2.25 bits per heavy atom. The third kappa shape index (κ3) is 2.58. The Kier molecular flexibility index (Phi) is 3.55. The summed E-state index contributed by atoms with van der Waals surface area (Å²) in [4.78, 5) is 0.